The van der Waals surface area contributed by atoms with Crippen molar-refractivity contribution in [1.82, 2.24) is 15.1 Å². The van der Waals surface area contributed by atoms with Crippen LogP contribution in [0.2, 0.25) is 0 Å². The minimum Gasteiger partial charge on any atom is -0.339 e. The predicted octanol–water partition coefficient (Wildman–Crippen LogP) is 2.08. The zero-order chi connectivity index (χ0) is 17.2. The molecule has 0 aromatic carbocycles. The van der Waals surface area contributed by atoms with Crippen LogP contribution in [0.25, 0.3) is 0 Å². The molecule has 0 unspecified atom stereocenters. The smallest absolute Gasteiger partial charge is 0.317 e. The van der Waals surface area contributed by atoms with Gasteiger partial charge in [0.1, 0.15) is 0 Å². The third-order valence-corrected chi connectivity index (χ3v) is 5.20. The zero-order valence-corrected chi connectivity index (χ0v) is 15.0. The number of amides is 3. The highest BCUT2D eigenvalue weighted by atomic mass is 16.2. The van der Waals surface area contributed by atoms with Crippen LogP contribution in [0.3, 0.4) is 0 Å². The van der Waals surface area contributed by atoms with Crippen LogP contribution in [0.5, 0.6) is 0 Å². The van der Waals surface area contributed by atoms with Gasteiger partial charge in [0.25, 0.3) is 0 Å². The van der Waals surface area contributed by atoms with E-state index >= 15 is 0 Å². The number of urea groups is 1. The topological polar surface area (TPSA) is 78.7 Å². The summed E-state index contributed by atoms with van der Waals surface area (Å²) in [6.07, 6.45) is 10.7. The van der Waals surface area contributed by atoms with E-state index < -0.39 is 0 Å². The molecule has 3 amide bonds. The van der Waals surface area contributed by atoms with Crippen molar-refractivity contribution < 1.29 is 9.59 Å². The molecule has 1 saturated heterocycles. The number of carbonyl (C=O) groups excluding carboxylic acids is 2. The first kappa shape index (κ1) is 19.0. The first-order valence-electron chi connectivity index (χ1n) is 9.74. The van der Waals surface area contributed by atoms with Crippen LogP contribution in [0.1, 0.15) is 64.2 Å². The molecule has 1 aliphatic carbocycles. The lowest BCUT2D eigenvalue weighted by Crippen LogP contribution is -2.54. The molecule has 0 radical (unpaired) electrons. The second kappa shape index (κ2) is 10.5. The summed E-state index contributed by atoms with van der Waals surface area (Å²) in [5.41, 5.74) is 5.47. The van der Waals surface area contributed by atoms with Crippen LogP contribution in [0, 0.1) is 0 Å². The van der Waals surface area contributed by atoms with Crippen molar-refractivity contribution in [2.45, 2.75) is 70.3 Å². The lowest BCUT2D eigenvalue weighted by atomic mass is 9.96. The largest absolute Gasteiger partial charge is 0.339 e. The molecular formula is C18H34N4O2. The molecule has 6 nitrogen and oxygen atoms in total. The minimum atomic E-state index is 0.0517. The number of nitrogens with two attached hydrogens (primary N) is 1. The van der Waals surface area contributed by atoms with E-state index in [1.807, 2.05) is 9.80 Å². The second-order valence-corrected chi connectivity index (χ2v) is 7.11. The van der Waals surface area contributed by atoms with E-state index in [-0.39, 0.29) is 11.9 Å². The summed E-state index contributed by atoms with van der Waals surface area (Å²) >= 11 is 0. The van der Waals surface area contributed by atoms with Gasteiger partial charge in [-0.25, -0.2) is 4.79 Å². The summed E-state index contributed by atoms with van der Waals surface area (Å²) in [6, 6.07) is 0.398. The Balaban J connectivity index is 1.61. The molecule has 2 rings (SSSR count). The number of rotatable bonds is 7. The molecule has 0 bridgehead atoms. The first-order chi connectivity index (χ1) is 11.7. The molecule has 2 fully saturated rings. The number of nitrogens with zero attached hydrogens (tertiary/aromatic N) is 2. The van der Waals surface area contributed by atoms with Gasteiger partial charge in [0.15, 0.2) is 0 Å². The Kier molecular flexibility index (Phi) is 8.36. The van der Waals surface area contributed by atoms with Crippen LogP contribution < -0.4 is 11.1 Å². The van der Waals surface area contributed by atoms with E-state index in [1.165, 1.54) is 19.3 Å². The summed E-state index contributed by atoms with van der Waals surface area (Å²) in [6.45, 7) is 3.37. The van der Waals surface area contributed by atoms with Gasteiger partial charge in [-0.05, 0) is 32.2 Å². The standard InChI is InChI=1S/C18H34N4O2/c19-11-7-2-1-6-10-17(23)21-12-14-22(15-13-21)18(24)20-16-8-4-3-5-9-16/h16H,1-15,19H2,(H,20,24). The van der Waals surface area contributed by atoms with E-state index in [1.54, 1.807) is 0 Å². The Bertz CT molecular complexity index is 388. The summed E-state index contributed by atoms with van der Waals surface area (Å²) in [5.74, 6) is 0.232. The number of hydrogen-bond donors (Lipinski definition) is 2. The third kappa shape index (κ3) is 6.30. The molecule has 0 spiro atoms. The van der Waals surface area contributed by atoms with Gasteiger partial charge in [-0.1, -0.05) is 32.1 Å². The van der Waals surface area contributed by atoms with Gasteiger partial charge < -0.3 is 20.9 Å². The van der Waals surface area contributed by atoms with E-state index in [2.05, 4.69) is 5.32 Å². The molecule has 2 aliphatic rings. The van der Waals surface area contributed by atoms with Gasteiger partial charge in [-0.15, -0.1) is 0 Å². The molecule has 1 aliphatic heterocycles. The van der Waals surface area contributed by atoms with Gasteiger partial charge in [0.2, 0.25) is 5.91 Å². The van der Waals surface area contributed by atoms with Crippen molar-refractivity contribution in [3.63, 3.8) is 0 Å². The number of hydrogen-bond acceptors (Lipinski definition) is 3. The van der Waals surface area contributed by atoms with Crippen molar-refractivity contribution in [3.8, 4) is 0 Å². The van der Waals surface area contributed by atoms with E-state index in [4.69, 9.17) is 5.73 Å². The van der Waals surface area contributed by atoms with Crippen molar-refractivity contribution in [2.75, 3.05) is 32.7 Å². The van der Waals surface area contributed by atoms with Gasteiger partial charge in [0, 0.05) is 38.6 Å². The normalized spacial score (nSPS) is 19.4. The fourth-order valence-electron chi connectivity index (χ4n) is 3.60. The van der Waals surface area contributed by atoms with Crippen LogP contribution in [0.4, 0.5) is 4.79 Å². The van der Waals surface area contributed by atoms with Gasteiger partial charge >= 0.3 is 6.03 Å². The van der Waals surface area contributed by atoms with Crippen molar-refractivity contribution in [1.29, 1.82) is 0 Å². The van der Waals surface area contributed by atoms with Crippen molar-refractivity contribution >= 4 is 11.9 Å². The summed E-state index contributed by atoms with van der Waals surface area (Å²) in [7, 11) is 0. The summed E-state index contributed by atoms with van der Waals surface area (Å²) < 4.78 is 0. The summed E-state index contributed by atoms with van der Waals surface area (Å²) in [5, 5.41) is 3.16. The molecule has 6 heteroatoms. The molecule has 24 heavy (non-hydrogen) atoms. The highest BCUT2D eigenvalue weighted by molar-refractivity contribution is 5.77. The zero-order valence-electron chi connectivity index (χ0n) is 15.0. The molecular weight excluding hydrogens is 304 g/mol. The maximum absolute atomic E-state index is 12.3. The van der Waals surface area contributed by atoms with Crippen molar-refractivity contribution in [2.24, 2.45) is 5.73 Å². The average Bonchev–Trinajstić information content (AvgIpc) is 2.62. The second-order valence-electron chi connectivity index (χ2n) is 7.11. The Morgan fingerprint density at radius 2 is 1.50 bits per heavy atom. The van der Waals surface area contributed by atoms with Crippen LogP contribution in [0.15, 0.2) is 0 Å². The molecule has 1 saturated carbocycles. The lowest BCUT2D eigenvalue weighted by molar-refractivity contribution is -0.132. The fraction of sp³-hybridized carbons (Fsp3) is 0.889. The molecule has 0 aromatic rings. The maximum atomic E-state index is 12.3. The van der Waals surface area contributed by atoms with Crippen molar-refractivity contribution in [3.05, 3.63) is 0 Å². The fourth-order valence-corrected chi connectivity index (χ4v) is 3.60. The van der Waals surface area contributed by atoms with Crippen LogP contribution in [-0.2, 0) is 4.79 Å². The van der Waals surface area contributed by atoms with E-state index in [0.29, 0.717) is 38.6 Å². The first-order valence-corrected chi connectivity index (χ1v) is 9.74. The Morgan fingerprint density at radius 1 is 0.875 bits per heavy atom. The molecule has 0 aromatic heterocycles. The average molecular weight is 338 g/mol. The van der Waals surface area contributed by atoms with E-state index in [9.17, 15) is 9.59 Å². The Labute approximate surface area is 146 Å². The number of unbranched alkanes of at least 4 members (excludes halogenated alkanes) is 3. The third-order valence-electron chi connectivity index (χ3n) is 5.20. The van der Waals surface area contributed by atoms with Gasteiger partial charge in [-0.2, -0.15) is 0 Å². The minimum absolute atomic E-state index is 0.0517. The molecule has 0 atom stereocenters. The van der Waals surface area contributed by atoms with Crippen LogP contribution in [-0.4, -0.2) is 60.5 Å². The molecule has 138 valence electrons. The Morgan fingerprint density at radius 3 is 2.17 bits per heavy atom. The van der Waals surface area contributed by atoms with Gasteiger partial charge in [-0.3, -0.25) is 4.79 Å². The lowest BCUT2D eigenvalue weighted by Gasteiger charge is -2.36. The van der Waals surface area contributed by atoms with E-state index in [0.717, 1.165) is 45.1 Å². The highest BCUT2D eigenvalue weighted by Gasteiger charge is 2.25. The van der Waals surface area contributed by atoms with Gasteiger partial charge in [0.05, 0.1) is 0 Å². The molecule has 1 heterocycles. The number of piperazine rings is 1. The monoisotopic (exact) mass is 338 g/mol. The number of carbonyl (C=O) groups is 2. The van der Waals surface area contributed by atoms with Crippen LogP contribution >= 0.6 is 0 Å². The molecule has 3 N–H and O–H groups in total. The summed E-state index contributed by atoms with van der Waals surface area (Å²) in [4.78, 5) is 28.3. The Hall–Kier alpha value is -1.30. The predicted molar refractivity (Wildman–Crippen MR) is 95.7 cm³/mol. The maximum Gasteiger partial charge on any atom is 0.317 e. The SMILES string of the molecule is NCCCCCCC(=O)N1CCN(C(=O)NC2CCCCC2)CC1. The quantitative estimate of drug-likeness (QED) is 0.698. The number of nitrogens with one attached hydrogen (secondary N) is 1. The highest BCUT2D eigenvalue weighted by Crippen LogP contribution is 2.18.